The second kappa shape index (κ2) is 10.5. The van der Waals surface area contributed by atoms with Gasteiger partial charge in [0.25, 0.3) is 0 Å². The number of hydrogen-bond acceptors (Lipinski definition) is 4. The highest BCUT2D eigenvalue weighted by Gasteiger charge is 2.33. The van der Waals surface area contributed by atoms with E-state index in [0.717, 1.165) is 22.1 Å². The van der Waals surface area contributed by atoms with Crippen LogP contribution in [0.3, 0.4) is 0 Å². The van der Waals surface area contributed by atoms with Crippen LogP contribution in [0.4, 0.5) is 0 Å². The lowest BCUT2D eigenvalue weighted by Gasteiger charge is -2.31. The zero-order chi connectivity index (χ0) is 20.7. The van der Waals surface area contributed by atoms with Crippen molar-refractivity contribution in [3.8, 4) is 0 Å². The molecule has 2 aromatic rings. The Labute approximate surface area is 181 Å². The number of piperidine rings is 1. The van der Waals surface area contributed by atoms with Gasteiger partial charge in [0.2, 0.25) is 15.9 Å². The van der Waals surface area contributed by atoms with Gasteiger partial charge < -0.3 is 5.32 Å². The zero-order valence-corrected chi connectivity index (χ0v) is 18.5. The van der Waals surface area contributed by atoms with Crippen LogP contribution in [0.15, 0.2) is 59.5 Å². The molecule has 0 bridgehead atoms. The van der Waals surface area contributed by atoms with Crippen molar-refractivity contribution in [1.82, 2.24) is 9.62 Å². The van der Waals surface area contributed by atoms with Crippen molar-refractivity contribution >= 4 is 39.3 Å². The first-order chi connectivity index (χ1) is 14.0. The summed E-state index contributed by atoms with van der Waals surface area (Å²) in [5, 5.41) is 3.71. The summed E-state index contributed by atoms with van der Waals surface area (Å²) in [6.45, 7) is 1.24. The van der Waals surface area contributed by atoms with E-state index < -0.39 is 10.0 Å². The number of hydrogen-bond donors (Lipinski definition) is 1. The third-order valence-corrected chi connectivity index (χ3v) is 8.15. The number of thioether (sulfide) groups is 1. The van der Waals surface area contributed by atoms with E-state index in [2.05, 4.69) is 5.32 Å². The minimum absolute atomic E-state index is 0.0729. The smallest absolute Gasteiger partial charge is 0.243 e. The van der Waals surface area contributed by atoms with E-state index in [-0.39, 0.29) is 23.3 Å². The van der Waals surface area contributed by atoms with Gasteiger partial charge in [0, 0.05) is 36.2 Å². The van der Waals surface area contributed by atoms with E-state index in [1.54, 1.807) is 42.1 Å². The second-order valence-corrected chi connectivity index (χ2v) is 10.4. The van der Waals surface area contributed by atoms with Gasteiger partial charge in [-0.05, 0) is 36.6 Å². The first-order valence-corrected chi connectivity index (χ1v) is 12.6. The molecule has 1 aliphatic heterocycles. The SMILES string of the molecule is O=C(NCCSCc1ccccc1Cl)[C@H]1CCCN(S(=O)(=O)c2ccccc2)C1. The number of nitrogens with zero attached hydrogens (tertiary/aromatic N) is 1. The second-order valence-electron chi connectivity index (χ2n) is 6.95. The number of carbonyl (C=O) groups is 1. The Bertz CT molecular complexity index is 923. The maximum absolute atomic E-state index is 12.8. The molecule has 156 valence electrons. The number of benzene rings is 2. The van der Waals surface area contributed by atoms with E-state index in [4.69, 9.17) is 11.6 Å². The molecule has 0 aliphatic carbocycles. The summed E-state index contributed by atoms with van der Waals surface area (Å²) in [5.41, 5.74) is 1.08. The highest BCUT2D eigenvalue weighted by Crippen LogP contribution is 2.24. The Morgan fingerprint density at radius 2 is 1.86 bits per heavy atom. The molecule has 1 fully saturated rings. The summed E-state index contributed by atoms with van der Waals surface area (Å²) in [4.78, 5) is 12.8. The van der Waals surface area contributed by atoms with Crippen LogP contribution in [0.2, 0.25) is 5.02 Å². The number of nitrogens with one attached hydrogen (secondary N) is 1. The minimum atomic E-state index is -3.56. The van der Waals surface area contributed by atoms with Crippen LogP contribution in [0.5, 0.6) is 0 Å². The Hall–Kier alpha value is -1.54. The van der Waals surface area contributed by atoms with Gasteiger partial charge in [0.1, 0.15) is 0 Å². The van der Waals surface area contributed by atoms with Crippen LogP contribution in [0.25, 0.3) is 0 Å². The van der Waals surface area contributed by atoms with E-state index in [1.807, 2.05) is 24.3 Å². The molecule has 1 N–H and O–H groups in total. The lowest BCUT2D eigenvalue weighted by atomic mass is 9.99. The van der Waals surface area contributed by atoms with Crippen LogP contribution in [0, 0.1) is 5.92 Å². The average Bonchev–Trinajstić information content (AvgIpc) is 2.75. The van der Waals surface area contributed by atoms with Crippen molar-refractivity contribution in [1.29, 1.82) is 0 Å². The highest BCUT2D eigenvalue weighted by molar-refractivity contribution is 7.98. The van der Waals surface area contributed by atoms with Gasteiger partial charge in [0.05, 0.1) is 10.8 Å². The Morgan fingerprint density at radius 3 is 2.62 bits per heavy atom. The number of sulfonamides is 1. The Balaban J connectivity index is 1.45. The molecule has 2 aromatic carbocycles. The molecular weight excluding hydrogens is 428 g/mol. The number of carbonyl (C=O) groups excluding carboxylic acids is 1. The summed E-state index contributed by atoms with van der Waals surface area (Å²) in [6, 6.07) is 16.1. The first kappa shape index (κ1) is 22.2. The lowest BCUT2D eigenvalue weighted by Crippen LogP contribution is -2.45. The first-order valence-electron chi connectivity index (χ1n) is 9.62. The van der Waals surface area contributed by atoms with Gasteiger partial charge in [-0.1, -0.05) is 48.0 Å². The van der Waals surface area contributed by atoms with Crippen molar-refractivity contribution in [3.63, 3.8) is 0 Å². The van der Waals surface area contributed by atoms with E-state index >= 15 is 0 Å². The minimum Gasteiger partial charge on any atom is -0.355 e. The molecule has 1 amide bonds. The fourth-order valence-corrected chi connectivity index (χ4v) is 5.99. The highest BCUT2D eigenvalue weighted by atomic mass is 35.5. The summed E-state index contributed by atoms with van der Waals surface area (Å²) in [5.74, 6) is 1.18. The summed E-state index contributed by atoms with van der Waals surface area (Å²) in [7, 11) is -3.56. The maximum Gasteiger partial charge on any atom is 0.243 e. The molecular formula is C21H25ClN2O3S2. The maximum atomic E-state index is 12.8. The summed E-state index contributed by atoms with van der Waals surface area (Å²) < 4.78 is 27.0. The Kier molecular flexibility index (Phi) is 8.00. The standard InChI is InChI=1S/C21H25ClN2O3S2/c22-20-11-5-4-7-18(20)16-28-14-12-23-21(25)17-8-6-13-24(15-17)29(26,27)19-9-2-1-3-10-19/h1-5,7,9-11,17H,6,8,12-16H2,(H,23,25)/t17-/m0/s1. The van der Waals surface area contributed by atoms with Gasteiger partial charge in [-0.25, -0.2) is 8.42 Å². The monoisotopic (exact) mass is 452 g/mol. The van der Waals surface area contributed by atoms with Gasteiger partial charge in [-0.2, -0.15) is 16.1 Å². The van der Waals surface area contributed by atoms with Crippen LogP contribution in [0.1, 0.15) is 18.4 Å². The van der Waals surface area contributed by atoms with Crippen LogP contribution < -0.4 is 5.32 Å². The average molecular weight is 453 g/mol. The Morgan fingerprint density at radius 1 is 1.14 bits per heavy atom. The number of rotatable bonds is 8. The molecule has 5 nitrogen and oxygen atoms in total. The van der Waals surface area contributed by atoms with Crippen molar-refractivity contribution < 1.29 is 13.2 Å². The van der Waals surface area contributed by atoms with Gasteiger partial charge in [-0.15, -0.1) is 0 Å². The largest absolute Gasteiger partial charge is 0.355 e. The molecule has 0 saturated carbocycles. The van der Waals surface area contributed by atoms with Crippen molar-refractivity contribution in [2.24, 2.45) is 5.92 Å². The van der Waals surface area contributed by atoms with Crippen molar-refractivity contribution in [2.75, 3.05) is 25.4 Å². The lowest BCUT2D eigenvalue weighted by molar-refractivity contribution is -0.125. The fourth-order valence-electron chi connectivity index (χ4n) is 3.30. The zero-order valence-electron chi connectivity index (χ0n) is 16.1. The van der Waals surface area contributed by atoms with Crippen LogP contribution >= 0.6 is 23.4 Å². The summed E-state index contributed by atoms with van der Waals surface area (Å²) in [6.07, 6.45) is 1.39. The molecule has 0 unspecified atom stereocenters. The van der Waals surface area contributed by atoms with Crippen LogP contribution in [-0.4, -0.2) is 44.0 Å². The predicted octanol–water partition coefficient (Wildman–Crippen LogP) is 3.79. The van der Waals surface area contributed by atoms with E-state index in [0.29, 0.717) is 25.9 Å². The molecule has 0 radical (unpaired) electrons. The van der Waals surface area contributed by atoms with Crippen molar-refractivity contribution in [3.05, 3.63) is 65.2 Å². The van der Waals surface area contributed by atoms with Crippen molar-refractivity contribution in [2.45, 2.75) is 23.5 Å². The molecule has 3 rings (SSSR count). The van der Waals surface area contributed by atoms with Gasteiger partial charge in [-0.3, -0.25) is 4.79 Å². The molecule has 1 atom stereocenters. The quantitative estimate of drug-likeness (QED) is 0.619. The molecule has 1 heterocycles. The third kappa shape index (κ3) is 5.98. The molecule has 29 heavy (non-hydrogen) atoms. The normalized spacial score (nSPS) is 17.8. The summed E-state index contributed by atoms with van der Waals surface area (Å²) >= 11 is 7.85. The third-order valence-electron chi connectivity index (χ3n) is 4.90. The molecule has 0 aromatic heterocycles. The molecule has 8 heteroatoms. The number of amides is 1. The van der Waals surface area contributed by atoms with E-state index in [1.165, 1.54) is 4.31 Å². The predicted molar refractivity (Wildman–Crippen MR) is 119 cm³/mol. The number of halogens is 1. The molecule has 1 aliphatic rings. The topological polar surface area (TPSA) is 66.5 Å². The van der Waals surface area contributed by atoms with E-state index in [9.17, 15) is 13.2 Å². The van der Waals surface area contributed by atoms with Crippen LogP contribution in [-0.2, 0) is 20.6 Å². The molecule has 0 spiro atoms. The molecule has 1 saturated heterocycles. The fraction of sp³-hybridized carbons (Fsp3) is 0.381. The van der Waals surface area contributed by atoms with Gasteiger partial charge in [0.15, 0.2) is 0 Å². The van der Waals surface area contributed by atoms with Gasteiger partial charge >= 0.3 is 0 Å².